The van der Waals surface area contributed by atoms with Gasteiger partial charge in [0.25, 0.3) is 0 Å². The summed E-state index contributed by atoms with van der Waals surface area (Å²) in [5.41, 5.74) is 0. The van der Waals surface area contributed by atoms with Crippen LogP contribution in [-0.4, -0.2) is 15.7 Å². The molecule has 1 atom stereocenters. The third kappa shape index (κ3) is 6.89. The minimum Gasteiger partial charge on any atom is -0.513 e. The zero-order valence-corrected chi connectivity index (χ0v) is 10.2. The molecule has 0 aromatic carbocycles. The molecule has 0 heterocycles. The van der Waals surface area contributed by atoms with Gasteiger partial charge in [-0.15, -0.1) is 0 Å². The first-order valence-electron chi connectivity index (χ1n) is 5.30. The average molecular weight is 212 g/mol. The molecule has 0 rings (SSSR count). The first-order valence-corrected chi connectivity index (χ1v) is 6.42. The zero-order chi connectivity index (χ0) is 10.8. The third-order valence-electron chi connectivity index (χ3n) is 2.25. The Labute approximate surface area is 89.7 Å². The van der Waals surface area contributed by atoms with Gasteiger partial charge in [0.05, 0.1) is 0 Å². The van der Waals surface area contributed by atoms with Crippen molar-refractivity contribution in [2.45, 2.75) is 45.6 Å². The third-order valence-corrected chi connectivity index (χ3v) is 3.34. The summed E-state index contributed by atoms with van der Waals surface area (Å²) in [5.74, 6) is 0.416. The molecular weight excluding hydrogens is 192 g/mol. The van der Waals surface area contributed by atoms with Crippen molar-refractivity contribution < 1.29 is 9.22 Å². The highest BCUT2D eigenvalue weighted by Crippen LogP contribution is 2.16. The Kier molecular flexibility index (Phi) is 8.63. The molecule has 0 bridgehead atoms. The van der Waals surface area contributed by atoms with Gasteiger partial charge in [0.2, 0.25) is 0 Å². The van der Waals surface area contributed by atoms with E-state index in [4.69, 9.17) is 4.43 Å². The van der Waals surface area contributed by atoms with Gasteiger partial charge in [-0.2, -0.15) is 0 Å². The lowest BCUT2D eigenvalue weighted by molar-refractivity contribution is -0.128. The molecule has 14 heavy (non-hydrogen) atoms. The molecule has 0 aliphatic rings. The van der Waals surface area contributed by atoms with Crippen molar-refractivity contribution in [1.29, 1.82) is 0 Å². The molecular formula is C11H20O2Si. The van der Waals surface area contributed by atoms with Crippen molar-refractivity contribution in [3.05, 3.63) is 12.7 Å². The van der Waals surface area contributed by atoms with Gasteiger partial charge in [-0.3, -0.25) is 0 Å². The fraction of sp³-hybridized carbons (Fsp3) is 0.727. The molecule has 2 nitrogen and oxygen atoms in total. The highest BCUT2D eigenvalue weighted by Gasteiger charge is 2.08. The summed E-state index contributed by atoms with van der Waals surface area (Å²) in [6, 6.07) is 1.01. The second kappa shape index (κ2) is 9.00. The molecule has 0 aromatic rings. The second-order valence-electron chi connectivity index (χ2n) is 3.39. The predicted molar refractivity (Wildman–Crippen MR) is 60.2 cm³/mol. The Morgan fingerprint density at radius 3 is 2.79 bits per heavy atom. The smallest absolute Gasteiger partial charge is 0.316 e. The van der Waals surface area contributed by atoms with Gasteiger partial charge in [0.15, 0.2) is 0 Å². The van der Waals surface area contributed by atoms with Crippen LogP contribution in [0.3, 0.4) is 0 Å². The molecule has 0 aliphatic carbocycles. The van der Waals surface area contributed by atoms with E-state index in [0.717, 1.165) is 6.04 Å². The van der Waals surface area contributed by atoms with Crippen molar-refractivity contribution in [2.75, 3.05) is 0 Å². The fourth-order valence-electron chi connectivity index (χ4n) is 1.22. The molecule has 0 aromatic heterocycles. The molecule has 0 N–H and O–H groups in total. The summed E-state index contributed by atoms with van der Waals surface area (Å²) in [6.45, 7) is 7.75. The Balaban J connectivity index is 3.51. The molecule has 2 radical (unpaired) electrons. The van der Waals surface area contributed by atoms with Gasteiger partial charge < -0.3 is 4.43 Å². The lowest BCUT2D eigenvalue weighted by Gasteiger charge is -2.12. The van der Waals surface area contributed by atoms with Crippen LogP contribution in [0.25, 0.3) is 0 Å². The fourth-order valence-corrected chi connectivity index (χ4v) is 2.25. The molecule has 0 spiro atoms. The number of hydrogen-bond acceptors (Lipinski definition) is 2. The number of carbonyl (C=O) groups is 1. The quantitative estimate of drug-likeness (QED) is 0.457. The van der Waals surface area contributed by atoms with Gasteiger partial charge in [-0.25, -0.2) is 4.79 Å². The molecule has 0 saturated carbocycles. The Morgan fingerprint density at radius 2 is 2.29 bits per heavy atom. The van der Waals surface area contributed by atoms with Gasteiger partial charge >= 0.3 is 15.7 Å². The molecule has 80 valence electrons. The van der Waals surface area contributed by atoms with Crippen molar-refractivity contribution in [3.8, 4) is 0 Å². The Bertz CT molecular complexity index is 169. The van der Waals surface area contributed by atoms with Gasteiger partial charge in [0, 0.05) is 6.08 Å². The monoisotopic (exact) mass is 212 g/mol. The van der Waals surface area contributed by atoms with E-state index in [0.29, 0.717) is 15.7 Å². The van der Waals surface area contributed by atoms with Gasteiger partial charge in [0.1, 0.15) is 0 Å². The van der Waals surface area contributed by atoms with Crippen LogP contribution in [0.1, 0.15) is 39.5 Å². The van der Waals surface area contributed by atoms with E-state index in [2.05, 4.69) is 20.4 Å². The second-order valence-corrected chi connectivity index (χ2v) is 4.29. The predicted octanol–water partition coefficient (Wildman–Crippen LogP) is 2.97. The molecule has 0 fully saturated rings. The van der Waals surface area contributed by atoms with Crippen LogP contribution >= 0.6 is 0 Å². The lowest BCUT2D eigenvalue weighted by atomic mass is 10.0. The van der Waals surface area contributed by atoms with Crippen LogP contribution in [0.5, 0.6) is 0 Å². The van der Waals surface area contributed by atoms with Crippen LogP contribution in [0, 0.1) is 5.92 Å². The Morgan fingerprint density at radius 1 is 1.57 bits per heavy atom. The first-order chi connectivity index (χ1) is 6.74. The summed E-state index contributed by atoms with van der Waals surface area (Å²) in [4.78, 5) is 10.8. The molecule has 0 saturated heterocycles. The normalized spacial score (nSPS) is 12.1. The van der Waals surface area contributed by atoms with E-state index in [1.165, 1.54) is 31.8 Å². The standard InChI is InChI=1S/C11H20O2Si/c1-4-7-8-10(5-2)9-14-13-11(12)6-3/h6,10H,3-5,7-9H2,1-2H3. The summed E-state index contributed by atoms with van der Waals surface area (Å²) in [5, 5.41) is 0. The maximum Gasteiger partial charge on any atom is 0.316 e. The summed E-state index contributed by atoms with van der Waals surface area (Å²) >= 11 is 0. The Hall–Kier alpha value is -0.573. The largest absolute Gasteiger partial charge is 0.513 e. The summed E-state index contributed by atoms with van der Waals surface area (Å²) in [7, 11) is 0.297. The zero-order valence-electron chi connectivity index (χ0n) is 9.21. The van der Waals surface area contributed by atoms with Crippen LogP contribution in [0.2, 0.25) is 6.04 Å². The van der Waals surface area contributed by atoms with E-state index in [1.807, 2.05) is 0 Å². The van der Waals surface area contributed by atoms with E-state index in [-0.39, 0.29) is 5.97 Å². The van der Waals surface area contributed by atoms with Crippen LogP contribution < -0.4 is 0 Å². The van der Waals surface area contributed by atoms with E-state index in [1.54, 1.807) is 0 Å². The van der Waals surface area contributed by atoms with Crippen molar-refractivity contribution in [2.24, 2.45) is 5.92 Å². The molecule has 0 amide bonds. The number of hydrogen-bond donors (Lipinski definition) is 0. The number of unbranched alkanes of at least 4 members (excludes halogenated alkanes) is 1. The van der Waals surface area contributed by atoms with Crippen molar-refractivity contribution >= 4 is 15.7 Å². The van der Waals surface area contributed by atoms with Crippen molar-refractivity contribution in [3.63, 3.8) is 0 Å². The summed E-state index contributed by atoms with van der Waals surface area (Å²) < 4.78 is 4.97. The lowest BCUT2D eigenvalue weighted by Crippen LogP contribution is -2.10. The topological polar surface area (TPSA) is 26.3 Å². The van der Waals surface area contributed by atoms with Gasteiger partial charge in [-0.05, 0) is 12.0 Å². The summed E-state index contributed by atoms with van der Waals surface area (Å²) in [6.07, 6.45) is 6.18. The minimum absolute atomic E-state index is 0.297. The SMILES string of the molecule is C=CC(=O)O[Si]CC(CC)CCCC. The van der Waals surface area contributed by atoms with Crippen LogP contribution in [0.15, 0.2) is 12.7 Å². The van der Waals surface area contributed by atoms with Gasteiger partial charge in [-0.1, -0.05) is 46.1 Å². The minimum atomic E-state index is -0.298. The molecule has 1 unspecified atom stereocenters. The highest BCUT2D eigenvalue weighted by molar-refractivity contribution is 6.31. The van der Waals surface area contributed by atoms with Crippen molar-refractivity contribution in [1.82, 2.24) is 0 Å². The maximum atomic E-state index is 10.8. The first kappa shape index (κ1) is 13.4. The van der Waals surface area contributed by atoms with E-state index >= 15 is 0 Å². The average Bonchev–Trinajstić information content (AvgIpc) is 2.22. The molecule has 3 heteroatoms. The number of carbonyl (C=O) groups excluding carboxylic acids is 1. The molecule has 0 aliphatic heterocycles. The van der Waals surface area contributed by atoms with E-state index in [9.17, 15) is 4.79 Å². The highest BCUT2D eigenvalue weighted by atomic mass is 28.2. The number of rotatable bonds is 8. The maximum absolute atomic E-state index is 10.8. The van der Waals surface area contributed by atoms with E-state index < -0.39 is 0 Å². The van der Waals surface area contributed by atoms with Crippen LogP contribution in [-0.2, 0) is 9.22 Å². The van der Waals surface area contributed by atoms with Crippen LogP contribution in [0.4, 0.5) is 0 Å².